The molecule has 0 spiro atoms. The number of rotatable bonds is 6. The number of nitrogens with one attached hydrogen (secondary N) is 1. The maximum atomic E-state index is 12.0. The molecule has 1 aromatic carbocycles. The summed E-state index contributed by atoms with van der Waals surface area (Å²) in [6.45, 7) is 3.75. The van der Waals surface area contributed by atoms with E-state index in [2.05, 4.69) is 4.98 Å². The molecule has 0 saturated carbocycles. The molecular weight excluding hydrogens is 294 g/mol. The lowest BCUT2D eigenvalue weighted by Gasteiger charge is -2.17. The van der Waals surface area contributed by atoms with Crippen LogP contribution in [0.3, 0.4) is 0 Å². The van der Waals surface area contributed by atoms with Crippen molar-refractivity contribution in [2.45, 2.75) is 38.8 Å². The van der Waals surface area contributed by atoms with Crippen LogP contribution >= 0.6 is 0 Å². The fourth-order valence-corrected chi connectivity index (χ4v) is 2.35. The van der Waals surface area contributed by atoms with E-state index in [1.54, 1.807) is 0 Å². The quantitative estimate of drug-likeness (QED) is 0.552. The van der Waals surface area contributed by atoms with Gasteiger partial charge in [0.2, 0.25) is 0 Å². The number of esters is 2. The molecular formula is C17H23N3O3. The lowest BCUT2D eigenvalue weighted by Crippen LogP contribution is -2.43. The van der Waals surface area contributed by atoms with Gasteiger partial charge in [0.15, 0.2) is 0 Å². The van der Waals surface area contributed by atoms with Gasteiger partial charge in [-0.3, -0.25) is 0 Å². The Labute approximate surface area is 135 Å². The summed E-state index contributed by atoms with van der Waals surface area (Å²) >= 11 is 0. The van der Waals surface area contributed by atoms with Gasteiger partial charge >= 0.3 is 11.9 Å². The Morgan fingerprint density at radius 3 is 2.61 bits per heavy atom. The van der Waals surface area contributed by atoms with Gasteiger partial charge in [0.1, 0.15) is 12.1 Å². The topological polar surface area (TPSA) is 111 Å². The molecule has 2 rings (SSSR count). The molecule has 5 N–H and O–H groups in total. The second-order valence-electron chi connectivity index (χ2n) is 5.82. The van der Waals surface area contributed by atoms with Crippen LogP contribution in [0.5, 0.6) is 0 Å². The van der Waals surface area contributed by atoms with E-state index in [4.69, 9.17) is 16.2 Å². The lowest BCUT2D eigenvalue weighted by molar-refractivity contribution is -0.162. The van der Waals surface area contributed by atoms with Crippen LogP contribution in [0, 0.1) is 5.92 Å². The summed E-state index contributed by atoms with van der Waals surface area (Å²) in [5, 5.41) is 0.999. The highest BCUT2D eigenvalue weighted by atomic mass is 16.6. The Kier molecular flexibility index (Phi) is 5.52. The van der Waals surface area contributed by atoms with Crippen molar-refractivity contribution in [2.24, 2.45) is 17.4 Å². The van der Waals surface area contributed by atoms with Crippen LogP contribution < -0.4 is 11.5 Å². The van der Waals surface area contributed by atoms with Crippen LogP contribution in [-0.2, 0) is 20.7 Å². The summed E-state index contributed by atoms with van der Waals surface area (Å²) in [5.74, 6) is -1.53. The molecule has 23 heavy (non-hydrogen) atoms. The third-order valence-electron chi connectivity index (χ3n) is 4.15. The molecule has 6 heteroatoms. The summed E-state index contributed by atoms with van der Waals surface area (Å²) < 4.78 is 4.82. The maximum absolute atomic E-state index is 12.0. The first-order valence-corrected chi connectivity index (χ1v) is 7.75. The highest BCUT2D eigenvalue weighted by Gasteiger charge is 2.26. The Morgan fingerprint density at radius 1 is 1.22 bits per heavy atom. The number of hydrogen-bond acceptors (Lipinski definition) is 5. The van der Waals surface area contributed by atoms with Crippen molar-refractivity contribution < 1.29 is 14.3 Å². The maximum Gasteiger partial charge on any atom is 0.330 e. The highest BCUT2D eigenvalue weighted by molar-refractivity contribution is 5.91. The van der Waals surface area contributed by atoms with Gasteiger partial charge in [-0.05, 0) is 17.5 Å². The Balaban J connectivity index is 1.99. The van der Waals surface area contributed by atoms with Gasteiger partial charge in [0.25, 0.3) is 0 Å². The van der Waals surface area contributed by atoms with Crippen LogP contribution in [0.1, 0.15) is 25.8 Å². The number of ether oxygens (including phenoxy) is 1. The molecule has 0 aliphatic rings. The van der Waals surface area contributed by atoms with Gasteiger partial charge in [0, 0.05) is 23.5 Å². The minimum Gasteiger partial charge on any atom is -0.391 e. The summed E-state index contributed by atoms with van der Waals surface area (Å²) in [6.07, 6.45) is 2.82. The van der Waals surface area contributed by atoms with E-state index >= 15 is 0 Å². The number of para-hydroxylation sites is 1. The van der Waals surface area contributed by atoms with E-state index in [-0.39, 0.29) is 12.3 Å². The molecule has 3 atom stereocenters. The van der Waals surface area contributed by atoms with Crippen molar-refractivity contribution in [1.82, 2.24) is 4.98 Å². The summed E-state index contributed by atoms with van der Waals surface area (Å²) in [7, 11) is 0. The van der Waals surface area contributed by atoms with Gasteiger partial charge in [-0.1, -0.05) is 38.5 Å². The van der Waals surface area contributed by atoms with Crippen molar-refractivity contribution in [3.63, 3.8) is 0 Å². The fraction of sp³-hybridized carbons (Fsp3) is 0.412. The molecule has 124 valence electrons. The summed E-state index contributed by atoms with van der Waals surface area (Å²) in [6, 6.07) is 6.00. The van der Waals surface area contributed by atoms with Crippen molar-refractivity contribution in [1.29, 1.82) is 0 Å². The number of fused-ring (bicyclic) bond motifs is 1. The van der Waals surface area contributed by atoms with Gasteiger partial charge in [0.05, 0.1) is 0 Å². The second kappa shape index (κ2) is 7.39. The molecule has 0 bridgehead atoms. The Hall–Kier alpha value is -2.18. The number of carbonyl (C=O) groups is 2. The first kappa shape index (κ1) is 17.2. The minimum atomic E-state index is -0.915. The van der Waals surface area contributed by atoms with E-state index in [1.165, 1.54) is 0 Å². The zero-order valence-corrected chi connectivity index (χ0v) is 13.4. The van der Waals surface area contributed by atoms with Crippen molar-refractivity contribution in [3.05, 3.63) is 36.0 Å². The molecule has 1 heterocycles. The van der Waals surface area contributed by atoms with Crippen LogP contribution in [0.15, 0.2) is 30.5 Å². The normalized spacial score (nSPS) is 15.1. The molecule has 0 amide bonds. The number of H-pyrrole nitrogens is 1. The zero-order chi connectivity index (χ0) is 17.0. The first-order chi connectivity index (χ1) is 10.9. The van der Waals surface area contributed by atoms with E-state index in [0.29, 0.717) is 0 Å². The minimum absolute atomic E-state index is 0.0554. The molecule has 0 aliphatic carbocycles. The standard InChI is InChI=1S/C17H23N3O3/c1-3-10(2)15(19)17(22)23-16(21)13(18)8-11-9-20-14-7-5-4-6-12(11)14/h4-7,9-10,13,15,20H,3,8,18-19H2,1-2H3/t10-,13-,15-/m0/s1. The summed E-state index contributed by atoms with van der Waals surface area (Å²) in [4.78, 5) is 27.0. The molecule has 6 nitrogen and oxygen atoms in total. The van der Waals surface area contributed by atoms with Crippen LogP contribution in [0.2, 0.25) is 0 Å². The average molecular weight is 317 g/mol. The summed E-state index contributed by atoms with van der Waals surface area (Å²) in [5.41, 5.74) is 13.5. The van der Waals surface area contributed by atoms with Gasteiger partial charge in [-0.2, -0.15) is 0 Å². The number of hydrogen-bond donors (Lipinski definition) is 3. The number of aromatic nitrogens is 1. The third kappa shape index (κ3) is 3.97. The van der Waals surface area contributed by atoms with E-state index in [1.807, 2.05) is 44.3 Å². The number of benzene rings is 1. The predicted octanol–water partition coefficient (Wildman–Crippen LogP) is 1.48. The fourth-order valence-electron chi connectivity index (χ4n) is 2.35. The number of nitrogens with two attached hydrogens (primary N) is 2. The van der Waals surface area contributed by atoms with E-state index in [0.717, 1.165) is 22.9 Å². The molecule has 0 aliphatic heterocycles. The molecule has 1 aromatic heterocycles. The Bertz CT molecular complexity index is 695. The SMILES string of the molecule is CC[C@H](C)[C@H](N)C(=O)OC(=O)[C@@H](N)Cc1c[nH]c2ccccc12. The van der Waals surface area contributed by atoms with Crippen LogP contribution in [0.25, 0.3) is 10.9 Å². The highest BCUT2D eigenvalue weighted by Crippen LogP contribution is 2.19. The largest absolute Gasteiger partial charge is 0.391 e. The monoisotopic (exact) mass is 317 g/mol. The second-order valence-corrected chi connectivity index (χ2v) is 5.82. The number of aromatic amines is 1. The zero-order valence-electron chi connectivity index (χ0n) is 13.4. The molecule has 0 fully saturated rings. The lowest BCUT2D eigenvalue weighted by atomic mass is 10.0. The average Bonchev–Trinajstić information content (AvgIpc) is 2.96. The van der Waals surface area contributed by atoms with E-state index in [9.17, 15) is 9.59 Å². The van der Waals surface area contributed by atoms with Crippen molar-refractivity contribution in [3.8, 4) is 0 Å². The van der Waals surface area contributed by atoms with Crippen molar-refractivity contribution in [2.75, 3.05) is 0 Å². The van der Waals surface area contributed by atoms with Crippen LogP contribution in [-0.4, -0.2) is 29.0 Å². The van der Waals surface area contributed by atoms with Crippen molar-refractivity contribution >= 4 is 22.8 Å². The van der Waals surface area contributed by atoms with Gasteiger partial charge in [-0.15, -0.1) is 0 Å². The molecule has 0 radical (unpaired) electrons. The predicted molar refractivity (Wildman–Crippen MR) is 88.5 cm³/mol. The third-order valence-corrected chi connectivity index (χ3v) is 4.15. The van der Waals surface area contributed by atoms with Gasteiger partial charge < -0.3 is 21.2 Å². The molecule has 0 saturated heterocycles. The van der Waals surface area contributed by atoms with E-state index < -0.39 is 24.0 Å². The number of carbonyl (C=O) groups excluding carboxylic acids is 2. The van der Waals surface area contributed by atoms with Crippen LogP contribution in [0.4, 0.5) is 0 Å². The Morgan fingerprint density at radius 2 is 1.91 bits per heavy atom. The molecule has 0 unspecified atom stereocenters. The smallest absolute Gasteiger partial charge is 0.330 e. The van der Waals surface area contributed by atoms with Gasteiger partial charge in [-0.25, -0.2) is 9.59 Å². The first-order valence-electron chi connectivity index (χ1n) is 7.75. The molecule has 2 aromatic rings.